The highest BCUT2D eigenvalue weighted by Gasteiger charge is 2.25. The van der Waals surface area contributed by atoms with E-state index in [1.54, 1.807) is 6.07 Å². The highest BCUT2D eigenvalue weighted by Crippen LogP contribution is 2.21. The lowest BCUT2D eigenvalue weighted by Gasteiger charge is -2.38. The summed E-state index contributed by atoms with van der Waals surface area (Å²) in [5.74, 6) is 1.04. The summed E-state index contributed by atoms with van der Waals surface area (Å²) in [7, 11) is 0. The maximum atomic E-state index is 9.82. The van der Waals surface area contributed by atoms with E-state index < -0.39 is 0 Å². The predicted molar refractivity (Wildman–Crippen MR) is 70.0 cm³/mol. The predicted octanol–water partition coefficient (Wildman–Crippen LogP) is 1.82. The Balaban J connectivity index is 2.08. The number of aromatic hydroxyl groups is 1. The number of phenolic OH excluding ortho intramolecular Hbond substituents is 1. The number of rotatable bonds is 3. The van der Waals surface area contributed by atoms with Gasteiger partial charge < -0.3 is 10.4 Å². The Morgan fingerprint density at radius 2 is 2.18 bits per heavy atom. The molecule has 0 bridgehead atoms. The van der Waals surface area contributed by atoms with E-state index in [4.69, 9.17) is 0 Å². The minimum atomic E-state index is 0.411. The van der Waals surface area contributed by atoms with Gasteiger partial charge in [0.15, 0.2) is 0 Å². The zero-order chi connectivity index (χ0) is 12.3. The first-order valence-corrected chi connectivity index (χ1v) is 6.40. The Morgan fingerprint density at radius 3 is 2.88 bits per heavy atom. The van der Waals surface area contributed by atoms with Crippen LogP contribution >= 0.6 is 0 Å². The van der Waals surface area contributed by atoms with Crippen molar-refractivity contribution < 1.29 is 5.11 Å². The quantitative estimate of drug-likeness (QED) is 0.837. The van der Waals surface area contributed by atoms with Crippen LogP contribution in [0.3, 0.4) is 0 Å². The van der Waals surface area contributed by atoms with E-state index in [2.05, 4.69) is 24.1 Å². The van der Waals surface area contributed by atoms with Gasteiger partial charge in [0, 0.05) is 37.8 Å². The van der Waals surface area contributed by atoms with Crippen molar-refractivity contribution in [1.29, 1.82) is 0 Å². The van der Waals surface area contributed by atoms with E-state index in [9.17, 15) is 5.11 Å². The molecular formula is C14H22N2O. The number of nitrogens with zero attached hydrogens (tertiary/aromatic N) is 1. The van der Waals surface area contributed by atoms with Crippen LogP contribution in [0, 0.1) is 5.92 Å². The van der Waals surface area contributed by atoms with Gasteiger partial charge in [-0.3, -0.25) is 4.90 Å². The molecule has 17 heavy (non-hydrogen) atoms. The Bertz CT molecular complexity index is 365. The van der Waals surface area contributed by atoms with Crippen molar-refractivity contribution in [3.63, 3.8) is 0 Å². The second kappa shape index (κ2) is 5.52. The van der Waals surface area contributed by atoms with Crippen molar-refractivity contribution >= 4 is 0 Å². The third-order valence-corrected chi connectivity index (χ3v) is 3.53. The molecule has 1 aromatic rings. The summed E-state index contributed by atoms with van der Waals surface area (Å²) in [6.45, 7) is 8.50. The molecule has 2 N–H and O–H groups in total. The molecule has 0 amide bonds. The largest absolute Gasteiger partial charge is 0.508 e. The topological polar surface area (TPSA) is 35.5 Å². The molecule has 0 saturated carbocycles. The maximum Gasteiger partial charge on any atom is 0.120 e. The summed E-state index contributed by atoms with van der Waals surface area (Å²) in [5.41, 5.74) is 1.03. The number of hydrogen-bond acceptors (Lipinski definition) is 3. The molecule has 0 unspecified atom stereocenters. The lowest BCUT2D eigenvalue weighted by atomic mass is 9.99. The SMILES string of the molecule is CC(C)[C@H]1CNCCN1Cc1ccccc1O. The molecular weight excluding hydrogens is 212 g/mol. The molecule has 1 saturated heterocycles. The summed E-state index contributed by atoms with van der Waals surface area (Å²) < 4.78 is 0. The number of nitrogens with one attached hydrogen (secondary N) is 1. The Labute approximate surface area is 103 Å². The van der Waals surface area contributed by atoms with Gasteiger partial charge in [-0.05, 0) is 12.0 Å². The summed E-state index contributed by atoms with van der Waals surface area (Å²) in [6.07, 6.45) is 0. The lowest BCUT2D eigenvalue weighted by Crippen LogP contribution is -2.52. The molecule has 2 rings (SSSR count). The molecule has 1 atom stereocenters. The van der Waals surface area contributed by atoms with Gasteiger partial charge in [-0.15, -0.1) is 0 Å². The van der Waals surface area contributed by atoms with E-state index >= 15 is 0 Å². The third kappa shape index (κ3) is 2.99. The number of phenols is 1. The van der Waals surface area contributed by atoms with Gasteiger partial charge in [-0.25, -0.2) is 0 Å². The normalized spacial score (nSPS) is 21.9. The van der Waals surface area contributed by atoms with E-state index in [1.165, 1.54) is 0 Å². The smallest absolute Gasteiger partial charge is 0.120 e. The summed E-state index contributed by atoms with van der Waals surface area (Å²) in [4.78, 5) is 2.47. The third-order valence-electron chi connectivity index (χ3n) is 3.53. The van der Waals surface area contributed by atoms with Gasteiger partial charge >= 0.3 is 0 Å². The fourth-order valence-corrected chi connectivity index (χ4v) is 2.48. The van der Waals surface area contributed by atoms with Crippen LogP contribution in [0.25, 0.3) is 0 Å². The zero-order valence-corrected chi connectivity index (χ0v) is 10.7. The number of hydrogen-bond donors (Lipinski definition) is 2. The Morgan fingerprint density at radius 1 is 1.41 bits per heavy atom. The molecule has 1 aromatic carbocycles. The van der Waals surface area contributed by atoms with Gasteiger partial charge in [0.25, 0.3) is 0 Å². The van der Waals surface area contributed by atoms with Crippen LogP contribution in [0.15, 0.2) is 24.3 Å². The number of para-hydroxylation sites is 1. The highest BCUT2D eigenvalue weighted by atomic mass is 16.3. The van der Waals surface area contributed by atoms with E-state index in [1.807, 2.05) is 18.2 Å². The van der Waals surface area contributed by atoms with Crippen LogP contribution in [0.4, 0.5) is 0 Å². The van der Waals surface area contributed by atoms with E-state index in [-0.39, 0.29) is 0 Å². The molecule has 0 radical (unpaired) electrons. The van der Waals surface area contributed by atoms with Crippen LogP contribution in [-0.2, 0) is 6.54 Å². The van der Waals surface area contributed by atoms with Gasteiger partial charge in [0.2, 0.25) is 0 Å². The van der Waals surface area contributed by atoms with E-state index in [0.717, 1.165) is 31.7 Å². The molecule has 1 heterocycles. The van der Waals surface area contributed by atoms with Crippen molar-refractivity contribution in [3.05, 3.63) is 29.8 Å². The molecule has 3 heteroatoms. The van der Waals surface area contributed by atoms with Crippen LogP contribution in [-0.4, -0.2) is 35.7 Å². The Hall–Kier alpha value is -1.06. The van der Waals surface area contributed by atoms with Crippen molar-refractivity contribution in [1.82, 2.24) is 10.2 Å². The van der Waals surface area contributed by atoms with Crippen LogP contribution < -0.4 is 5.32 Å². The first-order chi connectivity index (χ1) is 8.18. The monoisotopic (exact) mass is 234 g/mol. The number of piperazine rings is 1. The summed E-state index contributed by atoms with van der Waals surface area (Å²) >= 11 is 0. The molecule has 0 aliphatic carbocycles. The molecule has 1 aliphatic heterocycles. The minimum absolute atomic E-state index is 0.411. The second-order valence-electron chi connectivity index (χ2n) is 5.11. The first-order valence-electron chi connectivity index (χ1n) is 6.40. The summed E-state index contributed by atoms with van der Waals surface area (Å²) in [6, 6.07) is 8.19. The summed E-state index contributed by atoms with van der Waals surface area (Å²) in [5, 5.41) is 13.3. The standard InChI is InChI=1S/C14H22N2O/c1-11(2)13-9-15-7-8-16(13)10-12-5-3-4-6-14(12)17/h3-6,11,13,15,17H,7-10H2,1-2H3/t13-/m1/s1. The van der Waals surface area contributed by atoms with Crippen LogP contribution in [0.2, 0.25) is 0 Å². The maximum absolute atomic E-state index is 9.82. The molecule has 1 aliphatic rings. The van der Waals surface area contributed by atoms with Crippen molar-refractivity contribution in [2.45, 2.75) is 26.4 Å². The molecule has 0 spiro atoms. The van der Waals surface area contributed by atoms with Gasteiger partial charge in [0.05, 0.1) is 0 Å². The van der Waals surface area contributed by atoms with Gasteiger partial charge in [0.1, 0.15) is 5.75 Å². The van der Waals surface area contributed by atoms with Crippen LogP contribution in [0.1, 0.15) is 19.4 Å². The molecule has 3 nitrogen and oxygen atoms in total. The van der Waals surface area contributed by atoms with Gasteiger partial charge in [-0.1, -0.05) is 32.0 Å². The fraction of sp³-hybridized carbons (Fsp3) is 0.571. The second-order valence-corrected chi connectivity index (χ2v) is 5.11. The van der Waals surface area contributed by atoms with E-state index in [0.29, 0.717) is 17.7 Å². The Kier molecular flexibility index (Phi) is 4.02. The fourth-order valence-electron chi connectivity index (χ4n) is 2.48. The average molecular weight is 234 g/mol. The minimum Gasteiger partial charge on any atom is -0.508 e. The van der Waals surface area contributed by atoms with Crippen molar-refractivity contribution in [2.75, 3.05) is 19.6 Å². The van der Waals surface area contributed by atoms with Crippen molar-refractivity contribution in [3.8, 4) is 5.75 Å². The molecule has 94 valence electrons. The first kappa shape index (κ1) is 12.4. The average Bonchev–Trinajstić information content (AvgIpc) is 2.32. The number of benzene rings is 1. The molecule has 1 fully saturated rings. The van der Waals surface area contributed by atoms with Gasteiger partial charge in [-0.2, -0.15) is 0 Å². The molecule has 0 aromatic heterocycles. The lowest BCUT2D eigenvalue weighted by molar-refractivity contribution is 0.116. The van der Waals surface area contributed by atoms with Crippen molar-refractivity contribution in [2.24, 2.45) is 5.92 Å². The van der Waals surface area contributed by atoms with Crippen LogP contribution in [0.5, 0.6) is 5.75 Å². The zero-order valence-electron chi connectivity index (χ0n) is 10.7. The highest BCUT2D eigenvalue weighted by molar-refractivity contribution is 5.31.